The molecule has 0 saturated heterocycles. The average Bonchev–Trinajstić information content (AvgIpc) is 2.36. The number of carbonyl (C=O) groups excluding carboxylic acids is 1. The van der Waals surface area contributed by atoms with E-state index in [9.17, 15) is 25.1 Å². The van der Waals surface area contributed by atoms with Crippen molar-refractivity contribution in [1.29, 1.82) is 0 Å². The smallest absolute Gasteiger partial charge is 0.311 e. The van der Waals surface area contributed by atoms with Crippen molar-refractivity contribution in [1.82, 2.24) is 0 Å². The van der Waals surface area contributed by atoms with Gasteiger partial charge in [0.05, 0.1) is 24.6 Å². The summed E-state index contributed by atoms with van der Waals surface area (Å²) in [5, 5.41) is 30.1. The molecule has 1 aromatic rings. The van der Waals surface area contributed by atoms with Crippen LogP contribution in [0, 0.1) is 10.1 Å². The van der Waals surface area contributed by atoms with Gasteiger partial charge in [-0.1, -0.05) is 6.07 Å². The highest BCUT2D eigenvalue weighted by Crippen LogP contribution is 2.31. The molecule has 0 radical (unpaired) electrons. The number of hydrogen-bond acceptors (Lipinski definition) is 6. The van der Waals surface area contributed by atoms with Crippen LogP contribution >= 0.6 is 0 Å². The topological polar surface area (TPSA) is 136 Å². The van der Waals surface area contributed by atoms with E-state index in [0.717, 1.165) is 6.07 Å². The van der Waals surface area contributed by atoms with Crippen molar-refractivity contribution in [3.63, 3.8) is 0 Å². The van der Waals surface area contributed by atoms with Gasteiger partial charge in [-0.25, -0.2) is 0 Å². The van der Waals surface area contributed by atoms with Gasteiger partial charge in [0.15, 0.2) is 5.75 Å². The van der Waals surface area contributed by atoms with E-state index in [1.165, 1.54) is 19.2 Å². The maximum atomic E-state index is 10.8. The van der Waals surface area contributed by atoms with E-state index in [4.69, 9.17) is 10.5 Å². The van der Waals surface area contributed by atoms with Gasteiger partial charge in [-0.15, -0.1) is 0 Å². The van der Waals surface area contributed by atoms with Gasteiger partial charge in [0.25, 0.3) is 0 Å². The molecule has 4 N–H and O–H groups in total. The molecule has 2 unspecified atom stereocenters. The van der Waals surface area contributed by atoms with Crippen LogP contribution in [0.15, 0.2) is 18.2 Å². The number of primary amides is 1. The molecule has 0 bridgehead atoms. The van der Waals surface area contributed by atoms with Crippen molar-refractivity contribution in [2.75, 3.05) is 7.11 Å². The molecule has 0 fully saturated rings. The number of amides is 1. The molecule has 0 aromatic heterocycles. The van der Waals surface area contributed by atoms with Gasteiger partial charge >= 0.3 is 5.69 Å². The number of benzene rings is 1. The summed E-state index contributed by atoms with van der Waals surface area (Å²) in [4.78, 5) is 20.8. The summed E-state index contributed by atoms with van der Waals surface area (Å²) in [6, 6.07) is 3.74. The number of nitrogens with two attached hydrogens (primary N) is 1. The Hall–Kier alpha value is -2.19. The van der Waals surface area contributed by atoms with Crippen molar-refractivity contribution < 1.29 is 24.7 Å². The van der Waals surface area contributed by atoms with Gasteiger partial charge in [-0.3, -0.25) is 14.9 Å². The van der Waals surface area contributed by atoms with Gasteiger partial charge in [0, 0.05) is 6.07 Å². The minimum absolute atomic E-state index is 0.0327. The molecule has 104 valence electrons. The third-order valence-electron chi connectivity index (χ3n) is 2.52. The first-order valence-corrected chi connectivity index (χ1v) is 5.33. The van der Waals surface area contributed by atoms with Crippen LogP contribution in [0.1, 0.15) is 18.1 Å². The summed E-state index contributed by atoms with van der Waals surface area (Å²) >= 11 is 0. The standard InChI is InChI=1S/C11H14N2O6/c1-19-9-3-2-6(4-7(9)13(17)18)11(16)8(14)5-10(12)15/h2-4,8,11,14,16H,5H2,1H3,(H2,12,15). The Balaban J connectivity index is 3.04. The molecule has 1 amide bonds. The molecule has 1 aromatic carbocycles. The number of aliphatic hydroxyl groups excluding tert-OH is 2. The van der Waals surface area contributed by atoms with Crippen molar-refractivity contribution in [3.8, 4) is 5.75 Å². The first-order valence-electron chi connectivity index (χ1n) is 5.33. The number of nitro groups is 1. The van der Waals surface area contributed by atoms with E-state index in [-0.39, 0.29) is 17.0 Å². The molecule has 0 aliphatic heterocycles. The zero-order valence-corrected chi connectivity index (χ0v) is 10.1. The number of ether oxygens (including phenoxy) is 1. The Labute approximate surface area is 108 Å². The van der Waals surface area contributed by atoms with Gasteiger partial charge in [0.1, 0.15) is 6.10 Å². The summed E-state index contributed by atoms with van der Waals surface area (Å²) in [7, 11) is 1.28. The lowest BCUT2D eigenvalue weighted by atomic mass is 10.0. The number of hydrogen-bond donors (Lipinski definition) is 3. The third-order valence-corrected chi connectivity index (χ3v) is 2.52. The summed E-state index contributed by atoms with van der Waals surface area (Å²) in [6.45, 7) is 0. The predicted molar refractivity (Wildman–Crippen MR) is 64.4 cm³/mol. The summed E-state index contributed by atoms with van der Waals surface area (Å²) < 4.78 is 4.81. The fraction of sp³-hybridized carbons (Fsp3) is 0.364. The fourth-order valence-corrected chi connectivity index (χ4v) is 1.57. The summed E-state index contributed by atoms with van der Waals surface area (Å²) in [5.74, 6) is -0.750. The third kappa shape index (κ3) is 3.63. The monoisotopic (exact) mass is 270 g/mol. The number of methoxy groups -OCH3 is 1. The minimum Gasteiger partial charge on any atom is -0.490 e. The van der Waals surface area contributed by atoms with E-state index in [2.05, 4.69) is 0 Å². The van der Waals surface area contributed by atoms with Crippen molar-refractivity contribution in [2.24, 2.45) is 5.73 Å². The van der Waals surface area contributed by atoms with Crippen molar-refractivity contribution in [3.05, 3.63) is 33.9 Å². The second-order valence-corrected chi connectivity index (χ2v) is 3.87. The van der Waals surface area contributed by atoms with Crippen LogP contribution in [-0.2, 0) is 4.79 Å². The molecule has 8 nitrogen and oxygen atoms in total. The normalized spacial score (nSPS) is 13.6. The van der Waals surface area contributed by atoms with Crippen LogP contribution < -0.4 is 10.5 Å². The van der Waals surface area contributed by atoms with Gasteiger partial charge in [0.2, 0.25) is 5.91 Å². The maximum absolute atomic E-state index is 10.8. The highest BCUT2D eigenvalue weighted by Gasteiger charge is 2.24. The van der Waals surface area contributed by atoms with Crippen LogP contribution in [0.3, 0.4) is 0 Å². The SMILES string of the molecule is COc1ccc(C(O)C(O)CC(N)=O)cc1[N+](=O)[O-]. The lowest BCUT2D eigenvalue weighted by molar-refractivity contribution is -0.385. The van der Waals surface area contributed by atoms with E-state index in [0.29, 0.717) is 0 Å². The zero-order chi connectivity index (χ0) is 14.6. The number of nitrogens with zero attached hydrogens (tertiary/aromatic N) is 1. The van der Waals surface area contributed by atoms with Crippen LogP contribution in [0.4, 0.5) is 5.69 Å². The van der Waals surface area contributed by atoms with Crippen LogP contribution in [-0.4, -0.2) is 34.3 Å². The number of nitro benzene ring substituents is 1. The predicted octanol–water partition coefficient (Wildman–Crippen LogP) is -0.127. The van der Waals surface area contributed by atoms with Gasteiger partial charge < -0.3 is 20.7 Å². The highest BCUT2D eigenvalue weighted by atomic mass is 16.6. The number of carbonyl (C=O) groups is 1. The van der Waals surface area contributed by atoms with Crippen molar-refractivity contribution >= 4 is 11.6 Å². The molecule has 0 aliphatic rings. The summed E-state index contributed by atoms with van der Waals surface area (Å²) in [5.41, 5.74) is 4.65. The fourth-order valence-electron chi connectivity index (χ4n) is 1.57. The maximum Gasteiger partial charge on any atom is 0.311 e. The molecular weight excluding hydrogens is 256 g/mol. The van der Waals surface area contributed by atoms with E-state index < -0.39 is 29.5 Å². The quantitative estimate of drug-likeness (QED) is 0.486. The second-order valence-electron chi connectivity index (χ2n) is 3.87. The van der Waals surface area contributed by atoms with E-state index in [1.807, 2.05) is 0 Å². The Morgan fingerprint density at radius 2 is 2.16 bits per heavy atom. The average molecular weight is 270 g/mol. The molecular formula is C11H14N2O6. The van der Waals surface area contributed by atoms with Crippen LogP contribution in [0.25, 0.3) is 0 Å². The van der Waals surface area contributed by atoms with E-state index in [1.54, 1.807) is 0 Å². The lowest BCUT2D eigenvalue weighted by Crippen LogP contribution is -2.25. The van der Waals surface area contributed by atoms with Crippen molar-refractivity contribution in [2.45, 2.75) is 18.6 Å². The lowest BCUT2D eigenvalue weighted by Gasteiger charge is -2.17. The number of rotatable bonds is 6. The Kier molecular flexibility index (Phi) is 4.79. The minimum atomic E-state index is -1.45. The van der Waals surface area contributed by atoms with Crippen LogP contribution in [0.5, 0.6) is 5.75 Å². The first-order chi connectivity index (χ1) is 8.86. The molecule has 0 saturated carbocycles. The summed E-state index contributed by atoms with van der Waals surface area (Å²) in [6.07, 6.45) is -3.32. The number of aliphatic hydroxyl groups is 2. The van der Waals surface area contributed by atoms with E-state index >= 15 is 0 Å². The molecule has 1 rings (SSSR count). The largest absolute Gasteiger partial charge is 0.490 e. The first kappa shape index (κ1) is 14.9. The molecule has 0 heterocycles. The molecule has 0 aliphatic carbocycles. The zero-order valence-electron chi connectivity index (χ0n) is 10.1. The Bertz CT molecular complexity index is 490. The highest BCUT2D eigenvalue weighted by molar-refractivity contribution is 5.74. The molecule has 2 atom stereocenters. The Morgan fingerprint density at radius 1 is 1.53 bits per heavy atom. The van der Waals surface area contributed by atoms with Gasteiger partial charge in [-0.05, 0) is 11.6 Å². The molecule has 0 spiro atoms. The Morgan fingerprint density at radius 3 is 2.63 bits per heavy atom. The van der Waals surface area contributed by atoms with Crippen LogP contribution in [0.2, 0.25) is 0 Å². The second kappa shape index (κ2) is 6.12. The molecule has 19 heavy (non-hydrogen) atoms. The van der Waals surface area contributed by atoms with Gasteiger partial charge in [-0.2, -0.15) is 0 Å². The molecule has 8 heteroatoms.